The lowest BCUT2D eigenvalue weighted by Crippen LogP contribution is -2.35. The van der Waals surface area contributed by atoms with Gasteiger partial charge >= 0.3 is 0 Å². The van der Waals surface area contributed by atoms with E-state index in [9.17, 15) is 9.18 Å². The minimum atomic E-state index is -0.284. The zero-order chi connectivity index (χ0) is 18.1. The Morgan fingerprint density at radius 2 is 2.23 bits per heavy atom. The van der Waals surface area contributed by atoms with Crippen LogP contribution in [-0.4, -0.2) is 28.5 Å². The lowest BCUT2D eigenvalue weighted by Gasteiger charge is -2.28. The smallest absolute Gasteiger partial charge is 0.254 e. The van der Waals surface area contributed by atoms with Crippen LogP contribution in [0.1, 0.15) is 16.8 Å². The van der Waals surface area contributed by atoms with E-state index in [1.807, 2.05) is 17.5 Å². The molecule has 0 radical (unpaired) electrons. The number of hydrogen-bond donors (Lipinski definition) is 1. The van der Waals surface area contributed by atoms with Gasteiger partial charge in [0.1, 0.15) is 11.6 Å². The normalized spacial score (nSPS) is 14.2. The Hall–Kier alpha value is -2.51. The molecule has 0 unspecified atom stereocenters. The predicted molar refractivity (Wildman–Crippen MR) is 98.9 cm³/mol. The Morgan fingerprint density at radius 3 is 3.00 bits per heavy atom. The predicted octanol–water partition coefficient (Wildman–Crippen LogP) is 3.20. The fraction of sp³-hybridized carbons (Fsp3) is 0.263. The molecule has 0 amide bonds. The molecule has 0 fully saturated rings. The molecule has 134 valence electrons. The fourth-order valence-electron chi connectivity index (χ4n) is 3.27. The Balaban J connectivity index is 1.63. The molecule has 0 bridgehead atoms. The van der Waals surface area contributed by atoms with Gasteiger partial charge in [-0.3, -0.25) is 9.69 Å². The Morgan fingerprint density at radius 1 is 1.35 bits per heavy atom. The Kier molecular flexibility index (Phi) is 4.57. The van der Waals surface area contributed by atoms with Gasteiger partial charge in [0.15, 0.2) is 5.82 Å². The molecular weight excluding hydrogens is 353 g/mol. The van der Waals surface area contributed by atoms with E-state index in [4.69, 9.17) is 4.74 Å². The Labute approximate surface area is 154 Å². The molecule has 1 aliphatic heterocycles. The minimum absolute atomic E-state index is 0.0819. The number of thiophene rings is 1. The van der Waals surface area contributed by atoms with Gasteiger partial charge in [-0.15, -0.1) is 11.3 Å². The van der Waals surface area contributed by atoms with Gasteiger partial charge < -0.3 is 9.72 Å². The van der Waals surface area contributed by atoms with E-state index in [0.29, 0.717) is 43.2 Å². The minimum Gasteiger partial charge on any atom is -0.496 e. The van der Waals surface area contributed by atoms with Crippen LogP contribution >= 0.6 is 11.3 Å². The summed E-state index contributed by atoms with van der Waals surface area (Å²) in [6.45, 7) is 1.60. The second kappa shape index (κ2) is 7.01. The first-order valence-electron chi connectivity index (χ1n) is 8.35. The second-order valence-electron chi connectivity index (χ2n) is 6.20. The van der Waals surface area contributed by atoms with Crippen molar-refractivity contribution in [1.82, 2.24) is 14.9 Å². The summed E-state index contributed by atoms with van der Waals surface area (Å²) in [5.41, 5.74) is 1.93. The maximum absolute atomic E-state index is 14.2. The molecule has 0 saturated carbocycles. The summed E-state index contributed by atoms with van der Waals surface area (Å²) in [6.07, 6.45) is 0.596. The number of aromatic nitrogens is 2. The molecule has 2 aromatic heterocycles. The van der Waals surface area contributed by atoms with Gasteiger partial charge in [-0.1, -0.05) is 12.1 Å². The topological polar surface area (TPSA) is 58.2 Å². The van der Waals surface area contributed by atoms with Crippen LogP contribution in [0.2, 0.25) is 0 Å². The molecule has 26 heavy (non-hydrogen) atoms. The van der Waals surface area contributed by atoms with Crippen molar-refractivity contribution >= 4 is 11.3 Å². The maximum Gasteiger partial charge on any atom is 0.254 e. The standard InChI is InChI=1S/C19H18FN3O2S/c1-25-16-5-2-4-14(20)13(16)10-23-8-7-12-15(11-23)21-18(22-19(12)24)17-6-3-9-26-17/h2-6,9H,7-8,10-11H2,1H3,(H,21,22,24). The number of nitrogens with zero attached hydrogens (tertiary/aromatic N) is 2. The number of aromatic amines is 1. The van der Waals surface area contributed by atoms with Gasteiger partial charge in [-0.2, -0.15) is 0 Å². The summed E-state index contributed by atoms with van der Waals surface area (Å²) in [7, 11) is 1.54. The molecule has 0 saturated heterocycles. The van der Waals surface area contributed by atoms with Crippen molar-refractivity contribution in [1.29, 1.82) is 0 Å². The highest BCUT2D eigenvalue weighted by atomic mass is 32.1. The number of H-pyrrole nitrogens is 1. The third-order valence-corrected chi connectivity index (χ3v) is 5.46. The van der Waals surface area contributed by atoms with Gasteiger partial charge in [0.2, 0.25) is 0 Å². The van der Waals surface area contributed by atoms with Gasteiger partial charge in [0.25, 0.3) is 5.56 Å². The molecule has 0 atom stereocenters. The van der Waals surface area contributed by atoms with Crippen molar-refractivity contribution in [3.63, 3.8) is 0 Å². The number of hydrogen-bond acceptors (Lipinski definition) is 5. The zero-order valence-electron chi connectivity index (χ0n) is 14.3. The summed E-state index contributed by atoms with van der Waals surface area (Å²) in [5.74, 6) is 0.844. The van der Waals surface area contributed by atoms with Crippen LogP contribution in [0.4, 0.5) is 4.39 Å². The van der Waals surface area contributed by atoms with Crippen LogP contribution in [0.25, 0.3) is 10.7 Å². The molecule has 0 spiro atoms. The summed E-state index contributed by atoms with van der Waals surface area (Å²) < 4.78 is 19.5. The average Bonchev–Trinajstić information content (AvgIpc) is 3.18. The summed E-state index contributed by atoms with van der Waals surface area (Å²) in [4.78, 5) is 23.0. The summed E-state index contributed by atoms with van der Waals surface area (Å²) in [6, 6.07) is 8.69. The van der Waals surface area contributed by atoms with Crippen LogP contribution in [-0.2, 0) is 19.5 Å². The first kappa shape index (κ1) is 16.9. The van der Waals surface area contributed by atoms with Crippen molar-refractivity contribution in [3.05, 3.63) is 68.7 Å². The first-order chi connectivity index (χ1) is 12.7. The van der Waals surface area contributed by atoms with Crippen LogP contribution in [0.3, 0.4) is 0 Å². The van der Waals surface area contributed by atoms with Crippen molar-refractivity contribution in [2.45, 2.75) is 19.5 Å². The monoisotopic (exact) mass is 371 g/mol. The number of halogens is 1. The largest absolute Gasteiger partial charge is 0.496 e. The number of nitrogens with one attached hydrogen (secondary N) is 1. The van der Waals surface area contributed by atoms with Crippen molar-refractivity contribution in [3.8, 4) is 16.5 Å². The zero-order valence-corrected chi connectivity index (χ0v) is 15.1. The third-order valence-electron chi connectivity index (χ3n) is 4.58. The highest BCUT2D eigenvalue weighted by Crippen LogP contribution is 2.26. The molecule has 1 aromatic carbocycles. The quantitative estimate of drug-likeness (QED) is 0.765. The highest BCUT2D eigenvalue weighted by Gasteiger charge is 2.23. The van der Waals surface area contributed by atoms with Gasteiger partial charge in [-0.05, 0) is 30.0 Å². The van der Waals surface area contributed by atoms with Crippen molar-refractivity contribution in [2.75, 3.05) is 13.7 Å². The van der Waals surface area contributed by atoms with E-state index in [1.165, 1.54) is 24.5 Å². The van der Waals surface area contributed by atoms with E-state index in [1.54, 1.807) is 12.1 Å². The van der Waals surface area contributed by atoms with Crippen LogP contribution in [0.15, 0.2) is 40.5 Å². The van der Waals surface area contributed by atoms with Gasteiger partial charge in [0, 0.05) is 30.8 Å². The number of ether oxygens (including phenoxy) is 1. The van der Waals surface area contributed by atoms with Crippen molar-refractivity contribution < 1.29 is 9.13 Å². The second-order valence-corrected chi connectivity index (χ2v) is 7.15. The van der Waals surface area contributed by atoms with Crippen LogP contribution < -0.4 is 10.3 Å². The molecule has 3 heterocycles. The average molecular weight is 371 g/mol. The molecule has 0 aliphatic carbocycles. The first-order valence-corrected chi connectivity index (χ1v) is 9.23. The maximum atomic E-state index is 14.2. The number of methoxy groups -OCH3 is 1. The Bertz CT molecular complexity index is 985. The van der Waals surface area contributed by atoms with Crippen molar-refractivity contribution in [2.24, 2.45) is 0 Å². The van der Waals surface area contributed by atoms with Gasteiger partial charge in [-0.25, -0.2) is 9.37 Å². The van der Waals surface area contributed by atoms with E-state index in [0.717, 1.165) is 16.1 Å². The molecule has 5 nitrogen and oxygen atoms in total. The molecular formula is C19H18FN3O2S. The highest BCUT2D eigenvalue weighted by molar-refractivity contribution is 7.13. The van der Waals surface area contributed by atoms with E-state index in [-0.39, 0.29) is 11.4 Å². The molecule has 4 rings (SSSR count). The molecule has 3 aromatic rings. The summed E-state index contributed by atoms with van der Waals surface area (Å²) in [5, 5.41) is 1.95. The summed E-state index contributed by atoms with van der Waals surface area (Å²) >= 11 is 1.53. The van der Waals surface area contributed by atoms with Crippen LogP contribution in [0, 0.1) is 5.82 Å². The number of rotatable bonds is 4. The SMILES string of the molecule is COc1cccc(F)c1CN1CCc2c(nc(-c3cccs3)[nH]c2=O)C1. The van der Waals surface area contributed by atoms with E-state index >= 15 is 0 Å². The van der Waals surface area contributed by atoms with E-state index in [2.05, 4.69) is 14.9 Å². The lowest BCUT2D eigenvalue weighted by molar-refractivity contribution is 0.233. The fourth-order valence-corrected chi connectivity index (χ4v) is 3.94. The van der Waals surface area contributed by atoms with Gasteiger partial charge in [0.05, 0.1) is 17.7 Å². The molecule has 7 heteroatoms. The number of benzene rings is 1. The van der Waals surface area contributed by atoms with Crippen LogP contribution in [0.5, 0.6) is 5.75 Å². The molecule has 1 N–H and O–H groups in total. The van der Waals surface area contributed by atoms with E-state index < -0.39 is 0 Å². The molecule has 1 aliphatic rings. The number of fused-ring (bicyclic) bond motifs is 1. The lowest BCUT2D eigenvalue weighted by atomic mass is 10.0. The third kappa shape index (κ3) is 3.15.